The summed E-state index contributed by atoms with van der Waals surface area (Å²) in [5.41, 5.74) is 0. The van der Waals surface area contributed by atoms with Gasteiger partial charge in [0.1, 0.15) is 10.7 Å². The average Bonchev–Trinajstić information content (AvgIpc) is 2.76. The van der Waals surface area contributed by atoms with E-state index in [-0.39, 0.29) is 4.90 Å². The maximum atomic E-state index is 12.7. The number of anilines is 1. The molecule has 3 fully saturated rings. The van der Waals surface area contributed by atoms with Crippen LogP contribution in [-0.4, -0.2) is 94.3 Å². The van der Waals surface area contributed by atoms with Gasteiger partial charge in [-0.05, 0) is 31.4 Å². The number of pyridine rings is 1. The summed E-state index contributed by atoms with van der Waals surface area (Å²) >= 11 is 0. The Bertz CT molecular complexity index is 723. The highest BCUT2D eigenvalue weighted by atomic mass is 32.2. The number of sulfonamides is 1. The normalized spacial score (nSPS) is 25.7. The lowest BCUT2D eigenvalue weighted by Gasteiger charge is -2.37. The van der Waals surface area contributed by atoms with Crippen LogP contribution < -0.4 is 4.90 Å². The molecule has 0 saturated carbocycles. The van der Waals surface area contributed by atoms with Gasteiger partial charge in [-0.1, -0.05) is 0 Å². The number of piperazine rings is 1. The Labute approximate surface area is 167 Å². The van der Waals surface area contributed by atoms with Crippen LogP contribution in [0.4, 0.5) is 5.82 Å². The number of hydrogen-bond donors (Lipinski definition) is 0. The van der Waals surface area contributed by atoms with Gasteiger partial charge in [0.15, 0.2) is 0 Å². The third kappa shape index (κ3) is 4.65. The maximum Gasteiger partial charge on any atom is 0.244 e. The Morgan fingerprint density at radius 2 is 1.79 bits per heavy atom. The Kier molecular flexibility index (Phi) is 6.47. The van der Waals surface area contributed by atoms with Crippen LogP contribution in [0.1, 0.15) is 19.3 Å². The second-order valence-corrected chi connectivity index (χ2v) is 9.58. The molecule has 0 amide bonds. The van der Waals surface area contributed by atoms with E-state index in [1.165, 1.54) is 29.8 Å². The molecule has 4 rings (SSSR count). The molecule has 4 heterocycles. The number of morpholine rings is 1. The smallest absolute Gasteiger partial charge is 0.244 e. The van der Waals surface area contributed by atoms with E-state index in [0.29, 0.717) is 32.4 Å². The van der Waals surface area contributed by atoms with Crippen LogP contribution in [0.2, 0.25) is 0 Å². The largest absolute Gasteiger partial charge is 0.379 e. The van der Waals surface area contributed by atoms with Crippen molar-refractivity contribution >= 4 is 15.8 Å². The minimum Gasteiger partial charge on any atom is -0.379 e. The van der Waals surface area contributed by atoms with E-state index in [9.17, 15) is 8.42 Å². The Morgan fingerprint density at radius 1 is 1.00 bits per heavy atom. The summed E-state index contributed by atoms with van der Waals surface area (Å²) in [5.74, 6) is 0.842. The van der Waals surface area contributed by atoms with Crippen LogP contribution in [0.25, 0.3) is 0 Å². The highest BCUT2D eigenvalue weighted by molar-refractivity contribution is 7.89. The fourth-order valence-electron chi connectivity index (χ4n) is 4.05. The second-order valence-electron chi connectivity index (χ2n) is 7.64. The summed E-state index contributed by atoms with van der Waals surface area (Å²) in [5, 5.41) is 0. The van der Waals surface area contributed by atoms with Gasteiger partial charge in [0.25, 0.3) is 0 Å². The molecule has 0 aromatic carbocycles. The number of aromatic nitrogens is 1. The molecule has 0 N–H and O–H groups in total. The Hall–Kier alpha value is -1.26. The van der Waals surface area contributed by atoms with Crippen LogP contribution >= 0.6 is 0 Å². The van der Waals surface area contributed by atoms with E-state index < -0.39 is 10.0 Å². The molecule has 3 saturated heterocycles. The standard InChI is InChI=1S/C19H30N4O4S/c24-28(25,23-10-13-26-14-11-23)18-4-5-19(20-15-18)22-8-6-21(7-9-22)16-17-3-1-2-12-27-17/h4-5,15,17H,1-3,6-14,16H2. The Balaban J connectivity index is 1.32. The van der Waals surface area contributed by atoms with Crippen molar-refractivity contribution in [3.8, 4) is 0 Å². The molecule has 0 bridgehead atoms. The first-order valence-electron chi connectivity index (χ1n) is 10.3. The average molecular weight is 411 g/mol. The summed E-state index contributed by atoms with van der Waals surface area (Å²) < 4.78 is 38.0. The van der Waals surface area contributed by atoms with Crippen molar-refractivity contribution in [2.24, 2.45) is 0 Å². The van der Waals surface area contributed by atoms with Crippen LogP contribution in [0.5, 0.6) is 0 Å². The molecule has 0 radical (unpaired) electrons. The van der Waals surface area contributed by atoms with Gasteiger partial charge in [-0.25, -0.2) is 13.4 Å². The number of ether oxygens (including phenoxy) is 2. The van der Waals surface area contributed by atoms with Gasteiger partial charge in [-0.2, -0.15) is 4.31 Å². The van der Waals surface area contributed by atoms with E-state index >= 15 is 0 Å². The van der Waals surface area contributed by atoms with Crippen molar-refractivity contribution in [3.05, 3.63) is 18.3 Å². The van der Waals surface area contributed by atoms with Crippen LogP contribution in [0.3, 0.4) is 0 Å². The van der Waals surface area contributed by atoms with Gasteiger partial charge >= 0.3 is 0 Å². The highest BCUT2D eigenvalue weighted by Gasteiger charge is 2.27. The topological polar surface area (TPSA) is 75.2 Å². The molecule has 1 unspecified atom stereocenters. The second kappa shape index (κ2) is 9.04. The zero-order chi connectivity index (χ0) is 19.4. The minimum atomic E-state index is -3.48. The SMILES string of the molecule is O=S(=O)(c1ccc(N2CCN(CC3CCCCO3)CC2)nc1)N1CCOCC1. The summed E-state index contributed by atoms with van der Waals surface area (Å²) in [6, 6.07) is 3.50. The van der Waals surface area contributed by atoms with Gasteiger partial charge in [-0.3, -0.25) is 4.90 Å². The van der Waals surface area contributed by atoms with Crippen molar-refractivity contribution in [2.45, 2.75) is 30.3 Å². The van der Waals surface area contributed by atoms with E-state index in [2.05, 4.69) is 14.8 Å². The van der Waals surface area contributed by atoms with E-state index in [1.807, 2.05) is 6.07 Å². The van der Waals surface area contributed by atoms with Crippen LogP contribution in [-0.2, 0) is 19.5 Å². The quantitative estimate of drug-likeness (QED) is 0.711. The number of nitrogens with zero attached hydrogens (tertiary/aromatic N) is 4. The molecule has 1 atom stereocenters. The minimum absolute atomic E-state index is 0.256. The van der Waals surface area contributed by atoms with Gasteiger partial charge in [0.2, 0.25) is 10.0 Å². The first-order chi connectivity index (χ1) is 13.6. The Morgan fingerprint density at radius 3 is 2.43 bits per heavy atom. The van der Waals surface area contributed by atoms with Crippen molar-refractivity contribution in [3.63, 3.8) is 0 Å². The summed E-state index contributed by atoms with van der Waals surface area (Å²) in [6.45, 7) is 7.36. The van der Waals surface area contributed by atoms with Gasteiger partial charge in [-0.15, -0.1) is 0 Å². The summed E-state index contributed by atoms with van der Waals surface area (Å²) in [6.07, 6.45) is 5.49. The first-order valence-corrected chi connectivity index (χ1v) is 11.7. The van der Waals surface area contributed by atoms with Crippen molar-refractivity contribution in [2.75, 3.05) is 70.5 Å². The molecule has 9 heteroatoms. The monoisotopic (exact) mass is 410 g/mol. The predicted molar refractivity (Wildman–Crippen MR) is 106 cm³/mol. The van der Waals surface area contributed by atoms with Crippen molar-refractivity contribution in [1.82, 2.24) is 14.2 Å². The van der Waals surface area contributed by atoms with E-state index in [1.54, 1.807) is 6.07 Å². The molecule has 1 aromatic rings. The predicted octanol–water partition coefficient (Wildman–Crippen LogP) is 0.794. The molecule has 8 nitrogen and oxygen atoms in total. The van der Waals surface area contributed by atoms with Crippen LogP contribution in [0, 0.1) is 0 Å². The maximum absolute atomic E-state index is 12.7. The lowest BCUT2D eigenvalue weighted by atomic mass is 10.1. The molecule has 28 heavy (non-hydrogen) atoms. The third-order valence-corrected chi connectivity index (χ3v) is 7.64. The summed E-state index contributed by atoms with van der Waals surface area (Å²) in [7, 11) is -3.48. The highest BCUT2D eigenvalue weighted by Crippen LogP contribution is 2.21. The molecular weight excluding hydrogens is 380 g/mol. The zero-order valence-corrected chi connectivity index (χ0v) is 17.1. The fourth-order valence-corrected chi connectivity index (χ4v) is 5.40. The molecule has 1 aromatic heterocycles. The molecular formula is C19H30N4O4S. The first kappa shape index (κ1) is 20.0. The molecule has 0 aliphatic carbocycles. The fraction of sp³-hybridized carbons (Fsp3) is 0.737. The third-order valence-electron chi connectivity index (χ3n) is 5.76. The van der Waals surface area contributed by atoms with E-state index in [4.69, 9.17) is 9.47 Å². The molecule has 3 aliphatic heterocycles. The van der Waals surface area contributed by atoms with Crippen LogP contribution in [0.15, 0.2) is 23.2 Å². The van der Waals surface area contributed by atoms with Crippen molar-refractivity contribution in [1.29, 1.82) is 0 Å². The summed E-state index contributed by atoms with van der Waals surface area (Å²) in [4.78, 5) is 9.39. The molecule has 3 aliphatic rings. The molecule has 156 valence electrons. The van der Waals surface area contributed by atoms with Gasteiger partial charge in [0, 0.05) is 58.6 Å². The lowest BCUT2D eigenvalue weighted by Crippen LogP contribution is -2.49. The molecule has 0 spiro atoms. The van der Waals surface area contributed by atoms with E-state index in [0.717, 1.165) is 45.1 Å². The van der Waals surface area contributed by atoms with Gasteiger partial charge in [0.05, 0.1) is 19.3 Å². The number of hydrogen-bond acceptors (Lipinski definition) is 7. The van der Waals surface area contributed by atoms with Gasteiger partial charge < -0.3 is 14.4 Å². The van der Waals surface area contributed by atoms with Crippen molar-refractivity contribution < 1.29 is 17.9 Å². The zero-order valence-electron chi connectivity index (χ0n) is 16.3. The lowest BCUT2D eigenvalue weighted by molar-refractivity contribution is -0.00646. The number of rotatable bonds is 5.